The van der Waals surface area contributed by atoms with Crippen molar-refractivity contribution in [2.24, 2.45) is 0 Å². The lowest BCUT2D eigenvalue weighted by Crippen LogP contribution is -1.94. The summed E-state index contributed by atoms with van der Waals surface area (Å²) in [5, 5.41) is 9.44. The summed E-state index contributed by atoms with van der Waals surface area (Å²) in [7, 11) is 0. The molecule has 0 atom stereocenters. The van der Waals surface area contributed by atoms with Crippen molar-refractivity contribution in [2.45, 2.75) is 0 Å². The van der Waals surface area contributed by atoms with Gasteiger partial charge in [0.25, 0.3) is 0 Å². The first kappa shape index (κ1) is 49.7. The normalized spacial score (nSPS) is 11.9. The second-order valence-corrected chi connectivity index (χ2v) is 23.2. The van der Waals surface area contributed by atoms with Crippen molar-refractivity contribution in [3.63, 3.8) is 0 Å². The van der Waals surface area contributed by atoms with E-state index >= 15 is 0 Å². The maximum absolute atomic E-state index is 6.39. The molecule has 14 aromatic carbocycles. The molecule has 88 heavy (non-hydrogen) atoms. The fourth-order valence-corrected chi connectivity index (χ4v) is 13.8. The molecule has 18 aromatic rings. The molecule has 0 radical (unpaired) electrons. The number of furan rings is 2. The maximum atomic E-state index is 6.39. The first-order valence-electron chi connectivity index (χ1n) is 30.1. The third-order valence-electron chi connectivity index (χ3n) is 18.2. The molecular weight excluding hydrogens is 1070 g/mol. The van der Waals surface area contributed by atoms with E-state index in [4.69, 9.17) is 8.83 Å². The minimum Gasteiger partial charge on any atom is -0.456 e. The molecule has 0 N–H and O–H groups in total. The van der Waals surface area contributed by atoms with Crippen molar-refractivity contribution in [2.75, 3.05) is 0 Å². The summed E-state index contributed by atoms with van der Waals surface area (Å²) in [4.78, 5) is 0. The molecule has 0 aliphatic carbocycles. The molecule has 0 aliphatic rings. The Kier molecular flexibility index (Phi) is 11.3. The summed E-state index contributed by atoms with van der Waals surface area (Å²) in [6.45, 7) is 0. The molecule has 0 aliphatic heterocycles. The van der Waals surface area contributed by atoms with Crippen LogP contribution in [0.2, 0.25) is 0 Å². The molecule has 4 heteroatoms. The summed E-state index contributed by atoms with van der Waals surface area (Å²) >= 11 is 0. The standard InChI is InChI=1S/C84H52N2O2/c1-2-12-53(13-3-1)62-37-45-78-74(49-62)75-50-64(38-46-79(75)85(78)66-40-32-56(33-41-66)54-24-26-58(27-25-54)63-39-47-83-76(51-63)72-18-6-8-22-81(72)87-83)60-14-10-15-61(48-60)65-36-44-70-69-16-4-7-21-77(69)86(80(70)52-65)67-42-34-57(35-43-67)55-28-30-59(31-29-55)68-19-11-20-73-71-17-5-9-23-82(71)88-84(68)73/h1-52H. The summed E-state index contributed by atoms with van der Waals surface area (Å²) in [5.41, 5.74) is 26.9. The lowest BCUT2D eigenvalue weighted by molar-refractivity contribution is 0.669. The summed E-state index contributed by atoms with van der Waals surface area (Å²) < 4.78 is 17.4. The minimum absolute atomic E-state index is 0.909. The van der Waals surface area contributed by atoms with Gasteiger partial charge in [0.2, 0.25) is 0 Å². The van der Waals surface area contributed by atoms with Crippen LogP contribution in [-0.4, -0.2) is 9.13 Å². The average Bonchev–Trinajstić information content (AvgIpc) is 1.74. The number of rotatable bonds is 9. The Morgan fingerprint density at radius 2 is 0.557 bits per heavy atom. The molecule has 4 aromatic heterocycles. The summed E-state index contributed by atoms with van der Waals surface area (Å²) in [6, 6.07) is 115. The van der Waals surface area contributed by atoms with Crippen LogP contribution in [0.5, 0.6) is 0 Å². The number of aromatic nitrogens is 2. The molecule has 0 saturated carbocycles. The number of para-hydroxylation sites is 4. The van der Waals surface area contributed by atoms with Gasteiger partial charge in [-0.3, -0.25) is 0 Å². The highest BCUT2D eigenvalue weighted by Gasteiger charge is 2.19. The van der Waals surface area contributed by atoms with Gasteiger partial charge in [-0.2, -0.15) is 0 Å². The van der Waals surface area contributed by atoms with Crippen molar-refractivity contribution in [3.05, 3.63) is 315 Å². The van der Waals surface area contributed by atoms with Crippen LogP contribution in [0, 0.1) is 0 Å². The zero-order chi connectivity index (χ0) is 57.8. The van der Waals surface area contributed by atoms with E-state index in [1.54, 1.807) is 0 Å². The second kappa shape index (κ2) is 20.0. The van der Waals surface area contributed by atoms with Crippen LogP contribution in [-0.2, 0) is 0 Å². The van der Waals surface area contributed by atoms with Crippen LogP contribution in [0.1, 0.15) is 0 Å². The van der Waals surface area contributed by atoms with E-state index in [9.17, 15) is 0 Å². The maximum Gasteiger partial charge on any atom is 0.143 e. The van der Waals surface area contributed by atoms with Gasteiger partial charge in [0.05, 0.1) is 22.1 Å². The lowest BCUT2D eigenvalue weighted by Gasteiger charge is -2.12. The van der Waals surface area contributed by atoms with Gasteiger partial charge in [-0.15, -0.1) is 0 Å². The van der Waals surface area contributed by atoms with E-state index in [-0.39, 0.29) is 0 Å². The van der Waals surface area contributed by atoms with Crippen molar-refractivity contribution in [3.8, 4) is 89.3 Å². The molecule has 0 spiro atoms. The SMILES string of the molecule is c1ccc(-c2ccc3c(c2)c2cc(-c4cccc(-c5ccc6c7ccccc7n(-c7ccc(-c8ccc(-c9cccc%10c9oc9ccccc9%10)cc8)cc7)c6c5)c4)ccc2n3-c2ccc(-c3ccc(-c4ccc5oc6ccccc6c5c4)cc3)cc2)cc1. The monoisotopic (exact) mass is 1120 g/mol. The number of benzene rings is 14. The van der Waals surface area contributed by atoms with Crippen LogP contribution in [0.3, 0.4) is 0 Å². The third kappa shape index (κ3) is 8.15. The Bertz CT molecular complexity index is 5760. The highest BCUT2D eigenvalue weighted by atomic mass is 16.3. The fraction of sp³-hybridized carbons (Fsp3) is 0. The first-order valence-corrected chi connectivity index (χ1v) is 30.1. The summed E-state index contributed by atoms with van der Waals surface area (Å²) in [6.07, 6.45) is 0. The quantitative estimate of drug-likeness (QED) is 0.144. The van der Waals surface area contributed by atoms with E-state index in [1.165, 1.54) is 93.7 Å². The predicted molar refractivity (Wildman–Crippen MR) is 368 cm³/mol. The van der Waals surface area contributed by atoms with Gasteiger partial charge in [-0.1, -0.05) is 224 Å². The molecule has 0 fully saturated rings. The molecule has 0 bridgehead atoms. The second-order valence-electron chi connectivity index (χ2n) is 23.2. The van der Waals surface area contributed by atoms with E-state index in [0.29, 0.717) is 0 Å². The average molecular weight is 1120 g/mol. The Morgan fingerprint density at radius 1 is 0.182 bits per heavy atom. The Balaban J connectivity index is 0.666. The molecule has 410 valence electrons. The zero-order valence-electron chi connectivity index (χ0n) is 47.7. The Hall–Kier alpha value is -11.7. The molecule has 4 heterocycles. The molecule has 4 nitrogen and oxygen atoms in total. The lowest BCUT2D eigenvalue weighted by atomic mass is 9.97. The van der Waals surface area contributed by atoms with Crippen LogP contribution in [0.15, 0.2) is 324 Å². The van der Waals surface area contributed by atoms with Gasteiger partial charge in [-0.25, -0.2) is 0 Å². The molecule has 0 saturated heterocycles. The smallest absolute Gasteiger partial charge is 0.143 e. The zero-order valence-corrected chi connectivity index (χ0v) is 47.7. The van der Waals surface area contributed by atoms with Gasteiger partial charge < -0.3 is 18.0 Å². The number of nitrogens with zero attached hydrogens (tertiary/aromatic N) is 2. The van der Waals surface area contributed by atoms with Crippen LogP contribution in [0.25, 0.3) is 177 Å². The van der Waals surface area contributed by atoms with Crippen molar-refractivity contribution in [1.29, 1.82) is 0 Å². The van der Waals surface area contributed by atoms with E-state index in [0.717, 1.165) is 83.0 Å². The predicted octanol–water partition coefficient (Wildman–Crippen LogP) is 23.3. The Morgan fingerprint density at radius 3 is 1.20 bits per heavy atom. The summed E-state index contributed by atoms with van der Waals surface area (Å²) in [5.74, 6) is 0. The van der Waals surface area contributed by atoms with E-state index < -0.39 is 0 Å². The van der Waals surface area contributed by atoms with Gasteiger partial charge in [0, 0.05) is 60.0 Å². The topological polar surface area (TPSA) is 36.1 Å². The Labute approximate surface area is 507 Å². The van der Waals surface area contributed by atoms with Crippen molar-refractivity contribution >= 4 is 87.5 Å². The highest BCUT2D eigenvalue weighted by Crippen LogP contribution is 2.42. The van der Waals surface area contributed by atoms with Crippen molar-refractivity contribution < 1.29 is 8.83 Å². The van der Waals surface area contributed by atoms with Crippen LogP contribution in [0.4, 0.5) is 0 Å². The van der Waals surface area contributed by atoms with Crippen LogP contribution >= 0.6 is 0 Å². The third-order valence-corrected chi connectivity index (χ3v) is 18.2. The molecule has 18 rings (SSSR count). The van der Waals surface area contributed by atoms with Crippen molar-refractivity contribution in [1.82, 2.24) is 9.13 Å². The minimum atomic E-state index is 0.909. The largest absolute Gasteiger partial charge is 0.456 e. The van der Waals surface area contributed by atoms with Gasteiger partial charge in [0.1, 0.15) is 22.3 Å². The fourth-order valence-electron chi connectivity index (χ4n) is 13.8. The number of hydrogen-bond acceptors (Lipinski definition) is 2. The van der Waals surface area contributed by atoms with Gasteiger partial charge >= 0.3 is 0 Å². The molecule has 0 unspecified atom stereocenters. The number of fused-ring (bicyclic) bond motifs is 12. The van der Waals surface area contributed by atoms with E-state index in [1.807, 2.05) is 24.3 Å². The van der Waals surface area contributed by atoms with Gasteiger partial charge in [0.15, 0.2) is 0 Å². The molecular formula is C84H52N2O2. The highest BCUT2D eigenvalue weighted by molar-refractivity contribution is 6.14. The molecule has 0 amide bonds. The van der Waals surface area contributed by atoms with Gasteiger partial charge in [-0.05, 0) is 163 Å². The van der Waals surface area contributed by atoms with Crippen LogP contribution < -0.4 is 0 Å². The number of hydrogen-bond donors (Lipinski definition) is 0. The van der Waals surface area contributed by atoms with E-state index in [2.05, 4.69) is 300 Å². The first-order chi connectivity index (χ1) is 43.6.